The summed E-state index contributed by atoms with van der Waals surface area (Å²) < 4.78 is 53.6. The molecule has 0 aliphatic carbocycles. The number of nitrogens with zero attached hydrogens (tertiary/aromatic N) is 2. The SMILES string of the molecule is CCN(CC)S(=O)(=O)c1ccc(S(=O)(=O)N2CCCC(C)(C)C2)cc1. The van der Waals surface area contributed by atoms with Crippen molar-refractivity contribution >= 4 is 20.0 Å². The molecule has 0 spiro atoms. The Morgan fingerprint density at radius 1 is 1.00 bits per heavy atom. The van der Waals surface area contributed by atoms with E-state index in [2.05, 4.69) is 13.8 Å². The van der Waals surface area contributed by atoms with E-state index in [1.807, 2.05) is 0 Å². The molecule has 1 saturated heterocycles. The van der Waals surface area contributed by atoms with Crippen LogP contribution in [0.2, 0.25) is 0 Å². The van der Waals surface area contributed by atoms with Gasteiger partial charge in [-0.05, 0) is 42.5 Å². The first-order valence-corrected chi connectivity index (χ1v) is 11.5. The summed E-state index contributed by atoms with van der Waals surface area (Å²) >= 11 is 0. The summed E-state index contributed by atoms with van der Waals surface area (Å²) in [6, 6.07) is 5.56. The Morgan fingerprint density at radius 3 is 2.00 bits per heavy atom. The van der Waals surface area contributed by atoms with Crippen LogP contribution >= 0.6 is 0 Å². The summed E-state index contributed by atoms with van der Waals surface area (Å²) in [6.07, 6.45) is 1.83. The van der Waals surface area contributed by atoms with Crippen molar-refractivity contribution in [2.24, 2.45) is 5.41 Å². The van der Waals surface area contributed by atoms with E-state index < -0.39 is 20.0 Å². The van der Waals surface area contributed by atoms with Crippen LogP contribution in [-0.4, -0.2) is 51.6 Å². The molecule has 1 heterocycles. The number of benzene rings is 1. The van der Waals surface area contributed by atoms with Crippen molar-refractivity contribution in [1.82, 2.24) is 8.61 Å². The molecule has 0 N–H and O–H groups in total. The van der Waals surface area contributed by atoms with E-state index in [1.165, 1.54) is 32.9 Å². The third kappa shape index (κ3) is 4.24. The lowest BCUT2D eigenvalue weighted by Crippen LogP contribution is -2.43. The summed E-state index contributed by atoms with van der Waals surface area (Å²) in [4.78, 5) is 0.262. The van der Waals surface area contributed by atoms with E-state index in [0.29, 0.717) is 26.2 Å². The molecule has 0 atom stereocenters. The monoisotopic (exact) mass is 388 g/mol. The number of hydrogen-bond donors (Lipinski definition) is 0. The average Bonchev–Trinajstić information content (AvgIpc) is 2.55. The lowest BCUT2D eigenvalue weighted by Gasteiger charge is -2.37. The summed E-state index contributed by atoms with van der Waals surface area (Å²) in [5.41, 5.74) is -0.0443. The third-order valence-electron chi connectivity index (χ3n) is 4.67. The van der Waals surface area contributed by atoms with Gasteiger partial charge >= 0.3 is 0 Å². The first-order valence-electron chi connectivity index (χ1n) is 8.65. The zero-order valence-corrected chi connectivity index (χ0v) is 17.0. The van der Waals surface area contributed by atoms with Crippen LogP contribution in [0.25, 0.3) is 0 Å². The molecule has 1 aromatic rings. The van der Waals surface area contributed by atoms with Crippen molar-refractivity contribution in [3.05, 3.63) is 24.3 Å². The topological polar surface area (TPSA) is 74.8 Å². The molecule has 2 rings (SSSR count). The predicted molar refractivity (Wildman–Crippen MR) is 98.3 cm³/mol. The van der Waals surface area contributed by atoms with Crippen LogP contribution < -0.4 is 0 Å². The van der Waals surface area contributed by atoms with Crippen molar-refractivity contribution < 1.29 is 16.8 Å². The molecule has 1 fully saturated rings. The Morgan fingerprint density at radius 2 is 1.52 bits per heavy atom. The Balaban J connectivity index is 2.30. The van der Waals surface area contributed by atoms with Gasteiger partial charge in [0.25, 0.3) is 0 Å². The van der Waals surface area contributed by atoms with Gasteiger partial charge in [-0.1, -0.05) is 27.7 Å². The fraction of sp³-hybridized carbons (Fsp3) is 0.647. The van der Waals surface area contributed by atoms with Gasteiger partial charge in [-0.2, -0.15) is 8.61 Å². The van der Waals surface area contributed by atoms with Crippen LogP contribution in [0.1, 0.15) is 40.5 Å². The van der Waals surface area contributed by atoms with Gasteiger partial charge < -0.3 is 0 Å². The molecule has 0 radical (unpaired) electrons. The zero-order valence-electron chi connectivity index (χ0n) is 15.4. The number of sulfonamides is 2. The fourth-order valence-electron chi connectivity index (χ4n) is 3.22. The van der Waals surface area contributed by atoms with E-state index in [9.17, 15) is 16.8 Å². The van der Waals surface area contributed by atoms with Gasteiger partial charge in [-0.15, -0.1) is 0 Å². The molecule has 1 aliphatic heterocycles. The van der Waals surface area contributed by atoms with E-state index >= 15 is 0 Å². The lowest BCUT2D eigenvalue weighted by atomic mass is 9.85. The minimum absolute atomic E-state index is 0.0443. The minimum atomic E-state index is -3.60. The maximum absolute atomic E-state index is 12.8. The lowest BCUT2D eigenvalue weighted by molar-refractivity contribution is 0.187. The van der Waals surface area contributed by atoms with Crippen LogP contribution in [0.5, 0.6) is 0 Å². The summed E-state index contributed by atoms with van der Waals surface area (Å²) in [6.45, 7) is 9.42. The smallest absolute Gasteiger partial charge is 0.207 e. The quantitative estimate of drug-likeness (QED) is 0.750. The zero-order chi connectivity index (χ0) is 18.9. The highest BCUT2D eigenvalue weighted by atomic mass is 32.2. The molecule has 142 valence electrons. The first-order chi connectivity index (χ1) is 11.5. The molecule has 1 aromatic carbocycles. The average molecular weight is 389 g/mol. The number of hydrogen-bond acceptors (Lipinski definition) is 4. The molecule has 0 bridgehead atoms. The Bertz CT molecular complexity index is 796. The normalized spacial score (nSPS) is 19.2. The van der Waals surface area contributed by atoms with E-state index in [-0.39, 0.29) is 15.2 Å². The maximum atomic E-state index is 12.8. The third-order valence-corrected chi connectivity index (χ3v) is 8.59. The van der Waals surface area contributed by atoms with Crippen LogP contribution in [0.15, 0.2) is 34.1 Å². The highest BCUT2D eigenvalue weighted by Crippen LogP contribution is 2.32. The van der Waals surface area contributed by atoms with Crippen molar-refractivity contribution in [3.63, 3.8) is 0 Å². The van der Waals surface area contributed by atoms with Gasteiger partial charge in [0.15, 0.2) is 0 Å². The molecule has 0 unspecified atom stereocenters. The minimum Gasteiger partial charge on any atom is -0.207 e. The second kappa shape index (κ2) is 7.34. The van der Waals surface area contributed by atoms with E-state index in [4.69, 9.17) is 0 Å². The highest BCUT2D eigenvalue weighted by Gasteiger charge is 2.34. The highest BCUT2D eigenvalue weighted by molar-refractivity contribution is 7.89. The number of piperidine rings is 1. The Hall–Kier alpha value is -0.960. The molecule has 8 heteroatoms. The van der Waals surface area contributed by atoms with Gasteiger partial charge in [0, 0.05) is 26.2 Å². The second-order valence-electron chi connectivity index (χ2n) is 7.17. The molecular weight excluding hydrogens is 360 g/mol. The van der Waals surface area contributed by atoms with Crippen molar-refractivity contribution in [1.29, 1.82) is 0 Å². The van der Waals surface area contributed by atoms with Crippen LogP contribution in [-0.2, 0) is 20.0 Å². The second-order valence-corrected chi connectivity index (χ2v) is 11.0. The first kappa shape index (κ1) is 20.4. The van der Waals surface area contributed by atoms with Gasteiger partial charge in [-0.3, -0.25) is 0 Å². The molecule has 25 heavy (non-hydrogen) atoms. The van der Waals surface area contributed by atoms with Crippen molar-refractivity contribution in [2.75, 3.05) is 26.2 Å². The van der Waals surface area contributed by atoms with Gasteiger partial charge in [0.2, 0.25) is 20.0 Å². The van der Waals surface area contributed by atoms with E-state index in [0.717, 1.165) is 12.8 Å². The Labute approximate surface area is 151 Å². The molecule has 0 saturated carbocycles. The van der Waals surface area contributed by atoms with Gasteiger partial charge in [0.1, 0.15) is 0 Å². The summed E-state index contributed by atoms with van der Waals surface area (Å²) in [5, 5.41) is 0. The standard InChI is InChI=1S/C17H28N2O4S2/c1-5-18(6-2)24(20,21)15-8-10-16(11-9-15)25(22,23)19-13-7-12-17(3,4)14-19/h8-11H,5-7,12-14H2,1-4H3. The molecule has 1 aliphatic rings. The summed E-state index contributed by atoms with van der Waals surface area (Å²) in [7, 11) is -7.18. The van der Waals surface area contributed by atoms with Crippen LogP contribution in [0.3, 0.4) is 0 Å². The predicted octanol–water partition coefficient (Wildman–Crippen LogP) is 2.53. The van der Waals surface area contributed by atoms with Crippen LogP contribution in [0.4, 0.5) is 0 Å². The largest absolute Gasteiger partial charge is 0.243 e. The molecule has 6 nitrogen and oxygen atoms in total. The maximum Gasteiger partial charge on any atom is 0.243 e. The molecule has 0 aromatic heterocycles. The number of rotatable bonds is 6. The van der Waals surface area contributed by atoms with Crippen LogP contribution in [0, 0.1) is 5.41 Å². The van der Waals surface area contributed by atoms with Gasteiger partial charge in [-0.25, -0.2) is 16.8 Å². The van der Waals surface area contributed by atoms with Crippen molar-refractivity contribution in [3.8, 4) is 0 Å². The summed E-state index contributed by atoms with van der Waals surface area (Å²) in [5.74, 6) is 0. The molecule has 0 amide bonds. The molecular formula is C17H28N2O4S2. The van der Waals surface area contributed by atoms with Gasteiger partial charge in [0.05, 0.1) is 9.79 Å². The van der Waals surface area contributed by atoms with Crippen molar-refractivity contribution in [2.45, 2.75) is 50.3 Å². The van der Waals surface area contributed by atoms with E-state index in [1.54, 1.807) is 13.8 Å². The Kier molecular flexibility index (Phi) is 5.98. The fourth-order valence-corrected chi connectivity index (χ4v) is 6.34.